The molecule has 0 bridgehead atoms. The molecule has 2 aromatic heterocycles. The first-order valence-corrected chi connectivity index (χ1v) is 7.34. The van der Waals surface area contributed by atoms with Crippen molar-refractivity contribution in [3.8, 4) is 0 Å². The van der Waals surface area contributed by atoms with Gasteiger partial charge in [-0.25, -0.2) is 0 Å². The molecule has 0 aliphatic heterocycles. The maximum absolute atomic E-state index is 11.0. The van der Waals surface area contributed by atoms with Crippen LogP contribution >= 0.6 is 0 Å². The fourth-order valence-electron chi connectivity index (χ4n) is 2.68. The Labute approximate surface area is 124 Å². The maximum atomic E-state index is 11.0. The number of hydrogen-bond donors (Lipinski definition) is 0. The van der Waals surface area contributed by atoms with Crippen LogP contribution in [0.25, 0.3) is 10.9 Å². The highest BCUT2D eigenvalue weighted by Gasteiger charge is 2.08. The Balaban J connectivity index is 2.01. The molecule has 0 aliphatic carbocycles. The lowest BCUT2D eigenvalue weighted by atomic mass is 10.2. The molecule has 0 N–H and O–H groups in total. The van der Waals surface area contributed by atoms with Gasteiger partial charge in [-0.2, -0.15) is 5.10 Å². The van der Waals surface area contributed by atoms with Gasteiger partial charge in [-0.3, -0.25) is 9.48 Å². The summed E-state index contributed by atoms with van der Waals surface area (Å²) in [5, 5.41) is 5.74. The number of nitrogens with zero attached hydrogens (tertiary/aromatic N) is 3. The summed E-state index contributed by atoms with van der Waals surface area (Å²) in [6, 6.07) is 10.0. The fraction of sp³-hybridized carbons (Fsp3) is 0.294. The summed E-state index contributed by atoms with van der Waals surface area (Å²) in [4.78, 5) is 11.0. The molecule has 0 spiro atoms. The molecule has 21 heavy (non-hydrogen) atoms. The minimum Gasteiger partial charge on any atom is -0.341 e. The van der Waals surface area contributed by atoms with E-state index in [1.54, 1.807) is 0 Å². The number of carbonyl (C=O) groups is 1. The van der Waals surface area contributed by atoms with E-state index in [9.17, 15) is 4.79 Å². The Hall–Kier alpha value is -2.36. The quantitative estimate of drug-likeness (QED) is 0.673. The van der Waals surface area contributed by atoms with E-state index in [2.05, 4.69) is 41.8 Å². The van der Waals surface area contributed by atoms with Crippen LogP contribution in [0.5, 0.6) is 0 Å². The first-order chi connectivity index (χ1) is 10.2. The highest BCUT2D eigenvalue weighted by atomic mass is 16.1. The molecule has 0 aliphatic rings. The lowest BCUT2D eigenvalue weighted by Crippen LogP contribution is -2.07. The second-order valence-electron chi connectivity index (χ2n) is 5.18. The summed E-state index contributed by atoms with van der Waals surface area (Å²) in [7, 11) is 0. The fourth-order valence-corrected chi connectivity index (χ4v) is 2.68. The van der Waals surface area contributed by atoms with Gasteiger partial charge in [0.1, 0.15) is 6.29 Å². The van der Waals surface area contributed by atoms with Crippen LogP contribution < -0.4 is 0 Å². The summed E-state index contributed by atoms with van der Waals surface area (Å²) in [5.41, 5.74) is 4.11. The normalized spacial score (nSPS) is 11.1. The average Bonchev–Trinajstić information content (AvgIpc) is 3.11. The predicted molar refractivity (Wildman–Crippen MR) is 83.7 cm³/mol. The molecule has 3 aromatic rings. The summed E-state index contributed by atoms with van der Waals surface area (Å²) >= 11 is 0. The van der Waals surface area contributed by atoms with Gasteiger partial charge < -0.3 is 4.57 Å². The molecule has 0 unspecified atom stereocenters. The Morgan fingerprint density at radius 1 is 1.19 bits per heavy atom. The molecule has 0 saturated carbocycles. The molecule has 0 radical (unpaired) electrons. The van der Waals surface area contributed by atoms with Gasteiger partial charge in [0.25, 0.3) is 0 Å². The second-order valence-corrected chi connectivity index (χ2v) is 5.18. The van der Waals surface area contributed by atoms with Crippen LogP contribution in [0.1, 0.15) is 35.6 Å². The summed E-state index contributed by atoms with van der Waals surface area (Å²) < 4.78 is 4.22. The topological polar surface area (TPSA) is 39.8 Å². The Bertz CT molecular complexity index is 783. The van der Waals surface area contributed by atoms with E-state index in [1.165, 1.54) is 5.69 Å². The van der Waals surface area contributed by atoms with Crippen molar-refractivity contribution in [3.05, 3.63) is 53.5 Å². The molecule has 4 heteroatoms. The molecule has 0 amide bonds. The average molecular weight is 281 g/mol. The van der Waals surface area contributed by atoms with Crippen LogP contribution in [0, 0.1) is 0 Å². The summed E-state index contributed by atoms with van der Waals surface area (Å²) in [6.45, 7) is 5.86. The summed E-state index contributed by atoms with van der Waals surface area (Å²) in [5.74, 6) is 0. The van der Waals surface area contributed by atoms with Crippen LogP contribution in [0.4, 0.5) is 0 Å². The molecule has 2 heterocycles. The van der Waals surface area contributed by atoms with E-state index in [0.717, 1.165) is 42.4 Å². The van der Waals surface area contributed by atoms with Crippen molar-refractivity contribution in [3.63, 3.8) is 0 Å². The number of rotatable bonds is 5. The first-order valence-electron chi connectivity index (χ1n) is 7.34. The lowest BCUT2D eigenvalue weighted by molar-refractivity contribution is 0.112. The molecule has 0 saturated heterocycles. The SMILES string of the molecule is CCc1cc(Cn2ccc3ccc(C=O)cc32)n(CC)n1. The third-order valence-electron chi connectivity index (χ3n) is 3.84. The first kappa shape index (κ1) is 13.6. The molecule has 1 aromatic carbocycles. The second kappa shape index (κ2) is 5.56. The van der Waals surface area contributed by atoms with E-state index in [1.807, 2.05) is 22.9 Å². The van der Waals surface area contributed by atoms with Crippen LogP contribution in [-0.2, 0) is 19.5 Å². The van der Waals surface area contributed by atoms with Crippen LogP contribution in [0.15, 0.2) is 36.5 Å². The molecule has 0 fully saturated rings. The third kappa shape index (κ3) is 2.49. The minimum atomic E-state index is 0.709. The molecule has 4 nitrogen and oxygen atoms in total. The van der Waals surface area contributed by atoms with Gasteiger partial charge in [0.15, 0.2) is 0 Å². The highest BCUT2D eigenvalue weighted by Crippen LogP contribution is 2.19. The Morgan fingerprint density at radius 3 is 2.76 bits per heavy atom. The molecule has 3 rings (SSSR count). The number of hydrogen-bond acceptors (Lipinski definition) is 2. The minimum absolute atomic E-state index is 0.709. The number of aryl methyl sites for hydroxylation is 2. The van der Waals surface area contributed by atoms with Gasteiger partial charge in [-0.15, -0.1) is 0 Å². The van der Waals surface area contributed by atoms with Gasteiger partial charge in [-0.05, 0) is 36.9 Å². The van der Waals surface area contributed by atoms with Crippen LogP contribution in [0.3, 0.4) is 0 Å². The lowest BCUT2D eigenvalue weighted by Gasteiger charge is -2.07. The van der Waals surface area contributed by atoms with Crippen molar-refractivity contribution in [2.75, 3.05) is 0 Å². The maximum Gasteiger partial charge on any atom is 0.150 e. The van der Waals surface area contributed by atoms with Gasteiger partial charge in [0.05, 0.1) is 17.9 Å². The predicted octanol–water partition coefficient (Wildman–Crippen LogP) is 3.28. The van der Waals surface area contributed by atoms with Crippen molar-refractivity contribution in [1.82, 2.24) is 14.3 Å². The van der Waals surface area contributed by atoms with Crippen molar-refractivity contribution in [2.45, 2.75) is 33.4 Å². The number of fused-ring (bicyclic) bond motifs is 1. The van der Waals surface area contributed by atoms with Crippen LogP contribution in [0.2, 0.25) is 0 Å². The zero-order valence-corrected chi connectivity index (χ0v) is 12.4. The van der Waals surface area contributed by atoms with E-state index >= 15 is 0 Å². The highest BCUT2D eigenvalue weighted by molar-refractivity contribution is 5.87. The standard InChI is InChI=1S/C17H19N3O/c1-3-15-10-16(20(4-2)18-15)11-19-8-7-14-6-5-13(12-21)9-17(14)19/h5-10,12H,3-4,11H2,1-2H3. The number of aromatic nitrogens is 3. The largest absolute Gasteiger partial charge is 0.341 e. The molecular formula is C17H19N3O. The number of carbonyl (C=O) groups excluding carboxylic acids is 1. The molecule has 108 valence electrons. The smallest absolute Gasteiger partial charge is 0.150 e. The van der Waals surface area contributed by atoms with E-state index in [-0.39, 0.29) is 0 Å². The van der Waals surface area contributed by atoms with Crippen molar-refractivity contribution >= 4 is 17.2 Å². The monoisotopic (exact) mass is 281 g/mol. The Kier molecular flexibility index (Phi) is 3.60. The Morgan fingerprint density at radius 2 is 2.05 bits per heavy atom. The number of aldehydes is 1. The van der Waals surface area contributed by atoms with E-state index in [0.29, 0.717) is 5.56 Å². The van der Waals surface area contributed by atoms with Crippen molar-refractivity contribution in [1.29, 1.82) is 0 Å². The van der Waals surface area contributed by atoms with E-state index < -0.39 is 0 Å². The molecular weight excluding hydrogens is 262 g/mol. The van der Waals surface area contributed by atoms with Gasteiger partial charge in [0, 0.05) is 23.8 Å². The van der Waals surface area contributed by atoms with Crippen molar-refractivity contribution in [2.24, 2.45) is 0 Å². The van der Waals surface area contributed by atoms with Gasteiger partial charge in [0.2, 0.25) is 0 Å². The molecule has 0 atom stereocenters. The van der Waals surface area contributed by atoms with E-state index in [4.69, 9.17) is 0 Å². The third-order valence-corrected chi connectivity index (χ3v) is 3.84. The zero-order valence-electron chi connectivity index (χ0n) is 12.4. The zero-order chi connectivity index (χ0) is 14.8. The number of benzene rings is 1. The van der Waals surface area contributed by atoms with Crippen LogP contribution in [-0.4, -0.2) is 20.6 Å². The van der Waals surface area contributed by atoms with Crippen molar-refractivity contribution < 1.29 is 4.79 Å². The van der Waals surface area contributed by atoms with Gasteiger partial charge >= 0.3 is 0 Å². The summed E-state index contributed by atoms with van der Waals surface area (Å²) in [6.07, 6.45) is 3.90. The van der Waals surface area contributed by atoms with Gasteiger partial charge in [-0.1, -0.05) is 19.1 Å².